The lowest BCUT2D eigenvalue weighted by molar-refractivity contribution is 0.108. The van der Waals surface area contributed by atoms with Crippen LogP contribution in [-0.2, 0) is 0 Å². The molecule has 0 N–H and O–H groups in total. The maximum absolute atomic E-state index is 10.4. The first-order valence-corrected chi connectivity index (χ1v) is 5.10. The van der Waals surface area contributed by atoms with Gasteiger partial charge in [-0.3, -0.25) is 4.79 Å². The molecule has 0 saturated carbocycles. The predicted octanol–water partition coefficient (Wildman–Crippen LogP) is 2.67. The van der Waals surface area contributed by atoms with Crippen LogP contribution in [0.1, 0.15) is 36.0 Å². The first-order chi connectivity index (χ1) is 7.70. The molecule has 0 unspecified atom stereocenters. The van der Waals surface area contributed by atoms with Crippen LogP contribution in [0.15, 0.2) is 28.8 Å². The summed E-state index contributed by atoms with van der Waals surface area (Å²) in [5, 5.41) is 3.71. The van der Waals surface area contributed by atoms with Crippen LogP contribution in [-0.4, -0.2) is 16.4 Å². The van der Waals surface area contributed by atoms with Gasteiger partial charge in [0.05, 0.1) is 0 Å². The number of hydrogen-bond donors (Lipinski definition) is 0. The highest BCUT2D eigenvalue weighted by atomic mass is 16.5. The van der Waals surface area contributed by atoms with Gasteiger partial charge in [0, 0.05) is 5.56 Å². The molecule has 0 aliphatic heterocycles. The molecule has 4 heteroatoms. The van der Waals surface area contributed by atoms with E-state index in [9.17, 15) is 4.79 Å². The van der Waals surface area contributed by atoms with Crippen LogP contribution in [0.5, 0.6) is 0 Å². The molecule has 1 heterocycles. The van der Waals surface area contributed by atoms with E-state index >= 15 is 0 Å². The summed E-state index contributed by atoms with van der Waals surface area (Å²) in [5.41, 5.74) is 2.10. The van der Waals surface area contributed by atoms with Crippen molar-refractivity contribution in [2.75, 3.05) is 0 Å². The molecule has 2 aromatic rings. The van der Waals surface area contributed by atoms with Gasteiger partial charge in [-0.15, -0.1) is 0 Å². The van der Waals surface area contributed by atoms with Gasteiger partial charge in [0.25, 0.3) is 5.89 Å². The summed E-state index contributed by atoms with van der Waals surface area (Å²) in [5.74, 6) is 0.935. The van der Waals surface area contributed by atoms with Crippen molar-refractivity contribution in [3.63, 3.8) is 0 Å². The zero-order valence-corrected chi connectivity index (χ0v) is 9.18. The quantitative estimate of drug-likeness (QED) is 0.740. The SMILES string of the molecule is CC(C)c1ccc(-c2noc(C=O)n2)cc1. The Morgan fingerprint density at radius 3 is 2.44 bits per heavy atom. The second-order valence-corrected chi connectivity index (χ2v) is 3.85. The van der Waals surface area contributed by atoms with Gasteiger partial charge in [0.1, 0.15) is 0 Å². The molecule has 0 bridgehead atoms. The van der Waals surface area contributed by atoms with Gasteiger partial charge in [-0.1, -0.05) is 43.3 Å². The molecule has 0 fully saturated rings. The fourth-order valence-corrected chi connectivity index (χ4v) is 1.42. The molecule has 0 saturated heterocycles. The fourth-order valence-electron chi connectivity index (χ4n) is 1.42. The summed E-state index contributed by atoms with van der Waals surface area (Å²) in [4.78, 5) is 14.3. The van der Waals surface area contributed by atoms with E-state index < -0.39 is 0 Å². The average Bonchev–Trinajstić information content (AvgIpc) is 2.77. The number of carbonyl (C=O) groups excluding carboxylic acids is 1. The van der Waals surface area contributed by atoms with Gasteiger partial charge < -0.3 is 4.52 Å². The van der Waals surface area contributed by atoms with E-state index in [0.29, 0.717) is 18.0 Å². The van der Waals surface area contributed by atoms with Crippen LogP contribution < -0.4 is 0 Å². The first-order valence-electron chi connectivity index (χ1n) is 5.10. The van der Waals surface area contributed by atoms with Crippen LogP contribution in [0.25, 0.3) is 11.4 Å². The number of aromatic nitrogens is 2. The second-order valence-electron chi connectivity index (χ2n) is 3.85. The van der Waals surface area contributed by atoms with E-state index in [1.54, 1.807) is 0 Å². The Balaban J connectivity index is 2.30. The van der Waals surface area contributed by atoms with Crippen LogP contribution in [0.2, 0.25) is 0 Å². The van der Waals surface area contributed by atoms with Crippen LogP contribution in [0.4, 0.5) is 0 Å². The molecular weight excluding hydrogens is 204 g/mol. The van der Waals surface area contributed by atoms with Gasteiger partial charge in [0.2, 0.25) is 12.1 Å². The Morgan fingerprint density at radius 2 is 1.94 bits per heavy atom. The van der Waals surface area contributed by atoms with Gasteiger partial charge >= 0.3 is 0 Å². The molecule has 2 rings (SSSR count). The maximum Gasteiger partial charge on any atom is 0.291 e. The van der Waals surface area contributed by atoms with E-state index in [4.69, 9.17) is 4.52 Å². The van der Waals surface area contributed by atoms with E-state index in [1.165, 1.54) is 5.56 Å². The number of aldehydes is 1. The van der Waals surface area contributed by atoms with E-state index in [0.717, 1.165) is 5.56 Å². The predicted molar refractivity (Wildman–Crippen MR) is 59.2 cm³/mol. The smallest absolute Gasteiger partial charge is 0.291 e. The lowest BCUT2D eigenvalue weighted by Crippen LogP contribution is -1.87. The summed E-state index contributed by atoms with van der Waals surface area (Å²) >= 11 is 0. The summed E-state index contributed by atoms with van der Waals surface area (Å²) < 4.78 is 4.72. The van der Waals surface area contributed by atoms with Crippen LogP contribution in [0, 0.1) is 0 Å². The molecule has 4 nitrogen and oxygen atoms in total. The fraction of sp³-hybridized carbons (Fsp3) is 0.250. The third-order valence-electron chi connectivity index (χ3n) is 2.38. The Kier molecular flexibility index (Phi) is 2.81. The van der Waals surface area contributed by atoms with Gasteiger partial charge in [0.15, 0.2) is 0 Å². The monoisotopic (exact) mass is 216 g/mol. The minimum Gasteiger partial charge on any atom is -0.331 e. The van der Waals surface area contributed by atoms with Crippen molar-refractivity contribution in [2.45, 2.75) is 19.8 Å². The molecule has 0 aliphatic rings. The van der Waals surface area contributed by atoms with Gasteiger partial charge in [-0.05, 0) is 11.5 Å². The zero-order valence-electron chi connectivity index (χ0n) is 9.18. The molecule has 0 amide bonds. The molecule has 1 aromatic heterocycles. The second kappa shape index (κ2) is 4.26. The van der Waals surface area contributed by atoms with Gasteiger partial charge in [-0.25, -0.2) is 0 Å². The van der Waals surface area contributed by atoms with Crippen molar-refractivity contribution in [1.29, 1.82) is 0 Å². The first kappa shape index (κ1) is 10.5. The van der Waals surface area contributed by atoms with E-state index in [1.807, 2.05) is 24.3 Å². The normalized spacial score (nSPS) is 10.7. The molecule has 0 atom stereocenters. The van der Waals surface area contributed by atoms with Crippen molar-refractivity contribution >= 4 is 6.29 Å². The lowest BCUT2D eigenvalue weighted by atomic mass is 10.0. The summed E-state index contributed by atoms with van der Waals surface area (Å²) in [6.45, 7) is 4.27. The largest absolute Gasteiger partial charge is 0.331 e. The van der Waals surface area contributed by atoms with Crippen molar-refractivity contribution in [2.24, 2.45) is 0 Å². The highest BCUT2D eigenvalue weighted by molar-refractivity contribution is 5.68. The number of rotatable bonds is 3. The molecule has 0 spiro atoms. The molecule has 16 heavy (non-hydrogen) atoms. The van der Waals surface area contributed by atoms with Crippen molar-refractivity contribution < 1.29 is 9.32 Å². The number of nitrogens with zero attached hydrogens (tertiary/aromatic N) is 2. The Hall–Kier alpha value is -1.97. The summed E-state index contributed by atoms with van der Waals surface area (Å²) in [6.07, 6.45) is 0.541. The van der Waals surface area contributed by atoms with Crippen LogP contribution in [0.3, 0.4) is 0 Å². The molecule has 1 aromatic carbocycles. The van der Waals surface area contributed by atoms with Crippen molar-refractivity contribution in [3.8, 4) is 11.4 Å². The number of benzene rings is 1. The van der Waals surface area contributed by atoms with Gasteiger partial charge in [-0.2, -0.15) is 4.98 Å². The standard InChI is InChI=1S/C12H12N2O2/c1-8(2)9-3-5-10(6-4-9)12-13-11(7-15)16-14-12/h3-8H,1-2H3. The third-order valence-corrected chi connectivity index (χ3v) is 2.38. The van der Waals surface area contributed by atoms with Crippen molar-refractivity contribution in [1.82, 2.24) is 10.1 Å². The van der Waals surface area contributed by atoms with Crippen LogP contribution >= 0.6 is 0 Å². The van der Waals surface area contributed by atoms with Crippen molar-refractivity contribution in [3.05, 3.63) is 35.7 Å². The minimum atomic E-state index is 0.00272. The molecule has 82 valence electrons. The molecular formula is C12H12N2O2. The Bertz CT molecular complexity index is 486. The summed E-state index contributed by atoms with van der Waals surface area (Å²) in [7, 11) is 0. The third kappa shape index (κ3) is 2.00. The summed E-state index contributed by atoms with van der Waals surface area (Å²) in [6, 6.07) is 7.90. The Labute approximate surface area is 93.3 Å². The molecule has 0 aliphatic carbocycles. The highest BCUT2D eigenvalue weighted by Gasteiger charge is 2.07. The zero-order chi connectivity index (χ0) is 11.5. The number of hydrogen-bond acceptors (Lipinski definition) is 4. The lowest BCUT2D eigenvalue weighted by Gasteiger charge is -2.04. The topological polar surface area (TPSA) is 56.0 Å². The Morgan fingerprint density at radius 1 is 1.25 bits per heavy atom. The van der Waals surface area contributed by atoms with E-state index in [-0.39, 0.29) is 5.89 Å². The average molecular weight is 216 g/mol. The molecule has 0 radical (unpaired) electrons. The minimum absolute atomic E-state index is 0.00272. The number of carbonyl (C=O) groups is 1. The van der Waals surface area contributed by atoms with E-state index in [2.05, 4.69) is 24.0 Å². The maximum atomic E-state index is 10.4. The highest BCUT2D eigenvalue weighted by Crippen LogP contribution is 2.20.